The van der Waals surface area contributed by atoms with E-state index in [-0.39, 0.29) is 0 Å². The van der Waals surface area contributed by atoms with Crippen LogP contribution in [0.1, 0.15) is 32.3 Å². The zero-order chi connectivity index (χ0) is 10.4. The third-order valence-electron chi connectivity index (χ3n) is 1.89. The van der Waals surface area contributed by atoms with Gasteiger partial charge in [-0.3, -0.25) is 0 Å². The van der Waals surface area contributed by atoms with Crippen molar-refractivity contribution in [3.8, 4) is 5.75 Å². The van der Waals surface area contributed by atoms with Crippen molar-refractivity contribution < 1.29 is 4.74 Å². The van der Waals surface area contributed by atoms with Gasteiger partial charge in [-0.2, -0.15) is 0 Å². The molecular weight excluding hydrogens is 198 g/mol. The third-order valence-corrected chi connectivity index (χ3v) is 2.10. The fraction of sp³-hybridized carbons (Fsp3) is 0.545. The summed E-state index contributed by atoms with van der Waals surface area (Å²) in [5, 5.41) is 0.496. The van der Waals surface area contributed by atoms with Crippen molar-refractivity contribution in [3.63, 3.8) is 0 Å². The molecule has 0 aromatic carbocycles. The molecule has 0 aliphatic carbocycles. The lowest BCUT2D eigenvalue weighted by molar-refractivity contribution is 0.313. The molecule has 1 aromatic rings. The minimum Gasteiger partial charge on any atom is -0.493 e. The fourth-order valence-electron chi connectivity index (χ4n) is 1.24. The normalized spacial score (nSPS) is 10.2. The molecule has 0 N–H and O–H groups in total. The average Bonchev–Trinajstić information content (AvgIpc) is 2.18. The van der Waals surface area contributed by atoms with E-state index in [1.807, 2.05) is 0 Å². The molecule has 0 aliphatic heterocycles. The molecule has 0 aliphatic rings. The van der Waals surface area contributed by atoms with Crippen LogP contribution in [0, 0.1) is 0 Å². The number of hydrogen-bond donors (Lipinski definition) is 0. The summed E-state index contributed by atoms with van der Waals surface area (Å²) in [5.74, 6) is 0.883. The number of nitrogens with zero attached hydrogens (tertiary/aromatic N) is 1. The number of hydrogen-bond acceptors (Lipinski definition) is 2. The van der Waals surface area contributed by atoms with Crippen LogP contribution in [0.4, 0.5) is 0 Å². The zero-order valence-electron chi connectivity index (χ0n) is 8.72. The largest absolute Gasteiger partial charge is 0.493 e. The van der Waals surface area contributed by atoms with Crippen molar-refractivity contribution in [2.45, 2.75) is 33.1 Å². The Kier molecular flexibility index (Phi) is 4.74. The van der Waals surface area contributed by atoms with E-state index in [9.17, 15) is 0 Å². The molecule has 14 heavy (non-hydrogen) atoms. The maximum Gasteiger partial charge on any atom is 0.132 e. The molecule has 1 heterocycles. The summed E-state index contributed by atoms with van der Waals surface area (Å²) in [6.07, 6.45) is 4.89. The van der Waals surface area contributed by atoms with Crippen molar-refractivity contribution in [2.24, 2.45) is 0 Å². The maximum atomic E-state index is 5.80. The number of aromatic nitrogens is 1. The first-order valence-corrected chi connectivity index (χ1v) is 5.43. The topological polar surface area (TPSA) is 22.1 Å². The molecule has 0 amide bonds. The van der Waals surface area contributed by atoms with Gasteiger partial charge in [-0.15, -0.1) is 0 Å². The second-order valence-electron chi connectivity index (χ2n) is 3.21. The second-order valence-corrected chi connectivity index (χ2v) is 3.60. The van der Waals surface area contributed by atoms with Crippen molar-refractivity contribution in [3.05, 3.63) is 23.0 Å². The van der Waals surface area contributed by atoms with Crippen LogP contribution in [-0.2, 0) is 6.42 Å². The molecule has 0 unspecified atom stereocenters. The van der Waals surface area contributed by atoms with E-state index < -0.39 is 0 Å². The van der Waals surface area contributed by atoms with Crippen molar-refractivity contribution in [2.75, 3.05) is 6.61 Å². The van der Waals surface area contributed by atoms with Gasteiger partial charge in [0.2, 0.25) is 0 Å². The van der Waals surface area contributed by atoms with Crippen LogP contribution >= 0.6 is 11.6 Å². The predicted octanol–water partition coefficient (Wildman–Crippen LogP) is 3.48. The summed E-state index contributed by atoms with van der Waals surface area (Å²) >= 11 is 5.80. The van der Waals surface area contributed by atoms with Gasteiger partial charge in [-0.25, -0.2) is 4.98 Å². The van der Waals surface area contributed by atoms with Crippen LogP contribution in [0.25, 0.3) is 0 Å². The molecule has 0 saturated carbocycles. The number of rotatable bonds is 5. The molecule has 0 radical (unpaired) electrons. The summed E-state index contributed by atoms with van der Waals surface area (Å²) < 4.78 is 5.60. The first-order valence-electron chi connectivity index (χ1n) is 5.05. The summed E-state index contributed by atoms with van der Waals surface area (Å²) in [4.78, 5) is 4.05. The smallest absolute Gasteiger partial charge is 0.132 e. The van der Waals surface area contributed by atoms with Crippen LogP contribution in [-0.4, -0.2) is 11.6 Å². The van der Waals surface area contributed by atoms with E-state index in [0.29, 0.717) is 5.15 Å². The summed E-state index contributed by atoms with van der Waals surface area (Å²) in [7, 11) is 0. The Labute approximate surface area is 90.3 Å². The van der Waals surface area contributed by atoms with Gasteiger partial charge in [0, 0.05) is 17.8 Å². The third kappa shape index (κ3) is 3.18. The highest BCUT2D eigenvalue weighted by atomic mass is 35.5. The first-order chi connectivity index (χ1) is 6.77. The quantitative estimate of drug-likeness (QED) is 0.699. The summed E-state index contributed by atoms with van der Waals surface area (Å²) in [5.41, 5.74) is 1.14. The Morgan fingerprint density at radius 2 is 2.14 bits per heavy atom. The highest BCUT2D eigenvalue weighted by molar-refractivity contribution is 6.29. The molecule has 0 spiro atoms. The van der Waals surface area contributed by atoms with Gasteiger partial charge < -0.3 is 4.74 Å². The van der Waals surface area contributed by atoms with E-state index in [4.69, 9.17) is 16.3 Å². The molecule has 0 bridgehead atoms. The molecule has 0 atom stereocenters. The second kappa shape index (κ2) is 5.86. The molecule has 0 saturated heterocycles. The van der Waals surface area contributed by atoms with Gasteiger partial charge >= 0.3 is 0 Å². The highest BCUT2D eigenvalue weighted by Crippen LogP contribution is 2.22. The van der Waals surface area contributed by atoms with Crippen LogP contribution in [0.2, 0.25) is 5.15 Å². The van der Waals surface area contributed by atoms with Gasteiger partial charge in [-0.1, -0.05) is 31.9 Å². The Balaban J connectivity index is 2.79. The van der Waals surface area contributed by atoms with Gasteiger partial charge in [-0.05, 0) is 12.8 Å². The summed E-state index contributed by atoms with van der Waals surface area (Å²) in [6.45, 7) is 4.96. The van der Waals surface area contributed by atoms with Crippen LogP contribution in [0.5, 0.6) is 5.75 Å². The zero-order valence-corrected chi connectivity index (χ0v) is 9.47. The molecule has 0 fully saturated rings. The summed E-state index contributed by atoms with van der Waals surface area (Å²) in [6, 6.07) is 1.79. The lowest BCUT2D eigenvalue weighted by Crippen LogP contribution is -1.99. The Hall–Kier alpha value is -0.760. The molecule has 1 aromatic heterocycles. The van der Waals surface area contributed by atoms with Crippen molar-refractivity contribution in [1.82, 2.24) is 4.98 Å². The van der Waals surface area contributed by atoms with E-state index in [0.717, 1.165) is 37.2 Å². The lowest BCUT2D eigenvalue weighted by atomic mass is 10.1. The Bertz CT molecular complexity index is 289. The van der Waals surface area contributed by atoms with Gasteiger partial charge in [0.05, 0.1) is 6.61 Å². The monoisotopic (exact) mass is 213 g/mol. The fourth-order valence-corrected chi connectivity index (χ4v) is 1.39. The van der Waals surface area contributed by atoms with E-state index in [2.05, 4.69) is 18.8 Å². The lowest BCUT2D eigenvalue weighted by Gasteiger charge is -2.09. The standard InChI is InChI=1S/C11H16ClNO/c1-3-5-9-8-13-11(12)7-10(9)14-6-4-2/h7-8H,3-6H2,1-2H3. The Morgan fingerprint density at radius 3 is 2.79 bits per heavy atom. The van der Waals surface area contributed by atoms with Gasteiger partial charge in [0.25, 0.3) is 0 Å². The van der Waals surface area contributed by atoms with Crippen LogP contribution in [0.15, 0.2) is 12.3 Å². The molecule has 3 heteroatoms. The number of ether oxygens (including phenoxy) is 1. The van der Waals surface area contributed by atoms with Gasteiger partial charge in [0.1, 0.15) is 10.9 Å². The van der Waals surface area contributed by atoms with E-state index in [1.165, 1.54) is 0 Å². The van der Waals surface area contributed by atoms with Gasteiger partial charge in [0.15, 0.2) is 0 Å². The minimum atomic E-state index is 0.496. The van der Waals surface area contributed by atoms with Crippen LogP contribution < -0.4 is 4.74 Å². The van der Waals surface area contributed by atoms with Crippen molar-refractivity contribution >= 4 is 11.6 Å². The Morgan fingerprint density at radius 1 is 1.36 bits per heavy atom. The SMILES string of the molecule is CCCOc1cc(Cl)ncc1CCC. The molecule has 1 rings (SSSR count). The minimum absolute atomic E-state index is 0.496. The molecule has 2 nitrogen and oxygen atoms in total. The molecule has 78 valence electrons. The number of halogens is 1. The highest BCUT2D eigenvalue weighted by Gasteiger charge is 2.04. The number of pyridine rings is 1. The van der Waals surface area contributed by atoms with E-state index in [1.54, 1.807) is 12.3 Å². The average molecular weight is 214 g/mol. The molecular formula is C11H16ClNO. The maximum absolute atomic E-state index is 5.80. The van der Waals surface area contributed by atoms with E-state index >= 15 is 0 Å². The van der Waals surface area contributed by atoms with Crippen LogP contribution in [0.3, 0.4) is 0 Å². The first kappa shape index (κ1) is 11.3. The number of aryl methyl sites for hydroxylation is 1. The predicted molar refractivity (Wildman–Crippen MR) is 59.0 cm³/mol. The van der Waals surface area contributed by atoms with Crippen molar-refractivity contribution in [1.29, 1.82) is 0 Å².